The van der Waals surface area contributed by atoms with Crippen LogP contribution in [-0.2, 0) is 0 Å². The molecule has 0 bridgehead atoms. The van der Waals surface area contributed by atoms with Crippen LogP contribution in [0.4, 0.5) is 0 Å². The van der Waals surface area contributed by atoms with Crippen LogP contribution in [0.1, 0.15) is 26.7 Å². The molecule has 0 amide bonds. The van der Waals surface area contributed by atoms with Crippen LogP contribution in [0.5, 0.6) is 0 Å². The molecule has 0 heteroatoms. The molecule has 0 unspecified atom stereocenters. The average Bonchev–Trinajstić information content (AvgIpc) is 1.96. The third-order valence-corrected chi connectivity index (χ3v) is 0.883. The molecule has 0 atom stereocenters. The SMILES string of the molecule is C1=CCCC=C1.CC. The molecule has 0 spiro atoms. The first-order valence-corrected chi connectivity index (χ1v) is 3.32. The molecule has 0 aromatic rings. The third kappa shape index (κ3) is 3.66. The quantitative estimate of drug-likeness (QED) is 0.449. The fourth-order valence-electron chi connectivity index (χ4n) is 0.542. The topological polar surface area (TPSA) is 0 Å². The molecule has 46 valence electrons. The Balaban J connectivity index is 0.000000222. The zero-order chi connectivity index (χ0) is 6.24. The largest absolute Gasteiger partial charge is 0.0842 e. The van der Waals surface area contributed by atoms with Crippen LogP contribution in [0, 0.1) is 0 Å². The Kier molecular flexibility index (Phi) is 6.06. The Morgan fingerprint density at radius 1 is 0.875 bits per heavy atom. The Morgan fingerprint density at radius 3 is 1.38 bits per heavy atom. The molecule has 0 aromatic carbocycles. The van der Waals surface area contributed by atoms with Gasteiger partial charge in [0.25, 0.3) is 0 Å². The van der Waals surface area contributed by atoms with Crippen molar-refractivity contribution in [3.05, 3.63) is 24.3 Å². The number of rotatable bonds is 0. The van der Waals surface area contributed by atoms with Gasteiger partial charge in [0.05, 0.1) is 0 Å². The molecule has 1 aliphatic rings. The minimum atomic E-state index is 1.23. The van der Waals surface area contributed by atoms with E-state index in [1.165, 1.54) is 12.8 Å². The molecule has 0 nitrogen and oxygen atoms in total. The summed E-state index contributed by atoms with van der Waals surface area (Å²) in [7, 11) is 0. The van der Waals surface area contributed by atoms with Crippen molar-refractivity contribution in [2.75, 3.05) is 0 Å². The number of hydrogen-bond donors (Lipinski definition) is 0. The van der Waals surface area contributed by atoms with E-state index in [1.807, 2.05) is 13.8 Å². The van der Waals surface area contributed by atoms with Gasteiger partial charge < -0.3 is 0 Å². The Bertz CT molecular complexity index is 66.0. The summed E-state index contributed by atoms with van der Waals surface area (Å²) in [6, 6.07) is 0. The number of hydrogen-bond acceptors (Lipinski definition) is 0. The summed E-state index contributed by atoms with van der Waals surface area (Å²) in [6.45, 7) is 4.00. The van der Waals surface area contributed by atoms with Gasteiger partial charge in [0.2, 0.25) is 0 Å². The number of allylic oxidation sites excluding steroid dienone is 4. The summed E-state index contributed by atoms with van der Waals surface area (Å²) in [5, 5.41) is 0. The second-order valence-corrected chi connectivity index (χ2v) is 1.43. The molecule has 8 heavy (non-hydrogen) atoms. The van der Waals surface area contributed by atoms with Gasteiger partial charge in [-0.1, -0.05) is 38.2 Å². The summed E-state index contributed by atoms with van der Waals surface area (Å²) in [5.74, 6) is 0. The zero-order valence-electron chi connectivity index (χ0n) is 5.72. The maximum atomic E-state index is 2.18. The minimum absolute atomic E-state index is 1.23. The van der Waals surface area contributed by atoms with Crippen LogP contribution < -0.4 is 0 Å². The van der Waals surface area contributed by atoms with E-state index in [0.717, 1.165) is 0 Å². The Hall–Kier alpha value is -0.520. The van der Waals surface area contributed by atoms with E-state index >= 15 is 0 Å². The van der Waals surface area contributed by atoms with Crippen LogP contribution in [-0.4, -0.2) is 0 Å². The lowest BCUT2D eigenvalue weighted by atomic mass is 10.2. The summed E-state index contributed by atoms with van der Waals surface area (Å²) < 4.78 is 0. The van der Waals surface area contributed by atoms with Crippen molar-refractivity contribution in [2.24, 2.45) is 0 Å². The van der Waals surface area contributed by atoms with Crippen molar-refractivity contribution in [3.63, 3.8) is 0 Å². The van der Waals surface area contributed by atoms with Gasteiger partial charge >= 0.3 is 0 Å². The monoisotopic (exact) mass is 110 g/mol. The smallest absolute Gasteiger partial charge is 0.0313 e. The maximum absolute atomic E-state index is 2.18. The van der Waals surface area contributed by atoms with Gasteiger partial charge in [0.15, 0.2) is 0 Å². The Morgan fingerprint density at radius 2 is 1.25 bits per heavy atom. The highest BCUT2D eigenvalue weighted by Gasteiger charge is 1.77. The summed E-state index contributed by atoms with van der Waals surface area (Å²) in [5.41, 5.74) is 0. The molecule has 1 rings (SSSR count). The highest BCUT2D eigenvalue weighted by Crippen LogP contribution is 1.98. The van der Waals surface area contributed by atoms with Crippen molar-refractivity contribution >= 4 is 0 Å². The fraction of sp³-hybridized carbons (Fsp3) is 0.500. The van der Waals surface area contributed by atoms with Crippen LogP contribution >= 0.6 is 0 Å². The standard InChI is InChI=1S/C6H8.C2H6/c1-2-4-6-5-3-1;1-2/h1-4H,5-6H2;1-2H3. The summed E-state index contributed by atoms with van der Waals surface area (Å²) >= 11 is 0. The third-order valence-electron chi connectivity index (χ3n) is 0.883. The van der Waals surface area contributed by atoms with Crippen LogP contribution in [0.3, 0.4) is 0 Å². The van der Waals surface area contributed by atoms with Crippen molar-refractivity contribution < 1.29 is 0 Å². The van der Waals surface area contributed by atoms with E-state index in [9.17, 15) is 0 Å². The normalized spacial score (nSPS) is 14.8. The van der Waals surface area contributed by atoms with Crippen molar-refractivity contribution in [1.82, 2.24) is 0 Å². The van der Waals surface area contributed by atoms with E-state index in [4.69, 9.17) is 0 Å². The molecule has 0 fully saturated rings. The molecular formula is C8H14. The van der Waals surface area contributed by atoms with Crippen molar-refractivity contribution in [2.45, 2.75) is 26.7 Å². The van der Waals surface area contributed by atoms with Gasteiger partial charge in [-0.15, -0.1) is 0 Å². The lowest BCUT2D eigenvalue weighted by Crippen LogP contribution is -1.67. The molecule has 1 aliphatic carbocycles. The van der Waals surface area contributed by atoms with Gasteiger partial charge in [-0.05, 0) is 12.8 Å². The van der Waals surface area contributed by atoms with Gasteiger partial charge in [0, 0.05) is 0 Å². The molecule has 0 radical (unpaired) electrons. The molecular weight excluding hydrogens is 96.1 g/mol. The molecule has 0 saturated carbocycles. The molecule has 0 saturated heterocycles. The van der Waals surface area contributed by atoms with Gasteiger partial charge in [-0.3, -0.25) is 0 Å². The van der Waals surface area contributed by atoms with E-state index < -0.39 is 0 Å². The lowest BCUT2D eigenvalue weighted by molar-refractivity contribution is 1.04. The predicted octanol–water partition coefficient (Wildman–Crippen LogP) is 2.92. The van der Waals surface area contributed by atoms with E-state index in [0.29, 0.717) is 0 Å². The second-order valence-electron chi connectivity index (χ2n) is 1.43. The van der Waals surface area contributed by atoms with Gasteiger partial charge in [-0.25, -0.2) is 0 Å². The Labute approximate surface area is 51.9 Å². The fourth-order valence-corrected chi connectivity index (χ4v) is 0.542. The van der Waals surface area contributed by atoms with E-state index in [-0.39, 0.29) is 0 Å². The first-order valence-electron chi connectivity index (χ1n) is 3.32. The first kappa shape index (κ1) is 7.48. The highest BCUT2D eigenvalue weighted by atomic mass is 13.8. The lowest BCUT2D eigenvalue weighted by Gasteiger charge is -1.88. The first-order chi connectivity index (χ1) is 4.00. The maximum Gasteiger partial charge on any atom is -0.0313 e. The van der Waals surface area contributed by atoms with Crippen LogP contribution in [0.25, 0.3) is 0 Å². The van der Waals surface area contributed by atoms with E-state index in [2.05, 4.69) is 24.3 Å². The summed E-state index contributed by atoms with van der Waals surface area (Å²) in [4.78, 5) is 0. The van der Waals surface area contributed by atoms with Crippen molar-refractivity contribution in [1.29, 1.82) is 0 Å². The van der Waals surface area contributed by atoms with E-state index in [1.54, 1.807) is 0 Å². The highest BCUT2D eigenvalue weighted by molar-refractivity contribution is 5.07. The molecule has 0 heterocycles. The van der Waals surface area contributed by atoms with Gasteiger partial charge in [0.1, 0.15) is 0 Å². The molecule has 0 aromatic heterocycles. The molecule has 0 N–H and O–H groups in total. The average molecular weight is 110 g/mol. The van der Waals surface area contributed by atoms with Crippen LogP contribution in [0.2, 0.25) is 0 Å². The summed E-state index contributed by atoms with van der Waals surface area (Å²) in [6.07, 6.45) is 11.0. The zero-order valence-corrected chi connectivity index (χ0v) is 5.72. The molecule has 0 aliphatic heterocycles. The van der Waals surface area contributed by atoms with Gasteiger partial charge in [-0.2, -0.15) is 0 Å². The predicted molar refractivity (Wildman–Crippen MR) is 38.9 cm³/mol. The van der Waals surface area contributed by atoms with Crippen LogP contribution in [0.15, 0.2) is 24.3 Å². The minimum Gasteiger partial charge on any atom is -0.0842 e. The second kappa shape index (κ2) is 6.48. The van der Waals surface area contributed by atoms with Crippen molar-refractivity contribution in [3.8, 4) is 0 Å².